The summed E-state index contributed by atoms with van der Waals surface area (Å²) in [5.41, 5.74) is 25.1. The first-order valence-corrected chi connectivity index (χ1v) is 17.9. The molecule has 6 aromatic carbocycles. The Labute approximate surface area is 301 Å². The van der Waals surface area contributed by atoms with Gasteiger partial charge in [0.15, 0.2) is 0 Å². The van der Waals surface area contributed by atoms with Crippen LogP contribution in [-0.2, 0) is 0 Å². The number of aryl methyl sites for hydroxylation is 12. The van der Waals surface area contributed by atoms with Gasteiger partial charge in [0.2, 0.25) is 0 Å². The monoisotopic (exact) mass is 656 g/mol. The molecule has 6 aromatic rings. The van der Waals surface area contributed by atoms with Gasteiger partial charge in [-0.05, 0) is 163 Å². The van der Waals surface area contributed by atoms with Gasteiger partial charge in [0, 0.05) is 11.4 Å². The molecule has 2 nitrogen and oxygen atoms in total. The fraction of sp³-hybridized carbons (Fsp3) is 0.250. The zero-order valence-corrected chi connectivity index (χ0v) is 32.1. The van der Waals surface area contributed by atoms with E-state index < -0.39 is 0 Å². The number of benzene rings is 6. The average Bonchev–Trinajstić information content (AvgIpc) is 3.01. The van der Waals surface area contributed by atoms with Gasteiger partial charge in [-0.1, -0.05) is 95.1 Å². The highest BCUT2D eigenvalue weighted by atomic mass is 15.2. The Morgan fingerprint density at radius 3 is 0.900 bits per heavy atom. The number of nitrogens with zero attached hydrogens (tertiary/aromatic N) is 2. The largest absolute Gasteiger partial charge is 0.309 e. The van der Waals surface area contributed by atoms with Crippen molar-refractivity contribution in [2.75, 3.05) is 9.80 Å². The van der Waals surface area contributed by atoms with Crippen LogP contribution in [0.15, 0.2) is 97.1 Å². The van der Waals surface area contributed by atoms with Gasteiger partial charge in [-0.25, -0.2) is 0 Å². The normalized spacial score (nSPS) is 11.2. The molecule has 0 bridgehead atoms. The highest BCUT2D eigenvalue weighted by Gasteiger charge is 2.23. The summed E-state index contributed by atoms with van der Waals surface area (Å²) in [5, 5.41) is 0. The van der Waals surface area contributed by atoms with E-state index in [0.717, 1.165) is 11.4 Å². The minimum Gasteiger partial charge on any atom is -0.309 e. The van der Waals surface area contributed by atoms with Crippen LogP contribution in [0.4, 0.5) is 34.1 Å². The van der Waals surface area contributed by atoms with Crippen LogP contribution < -0.4 is 9.80 Å². The molecule has 0 aliphatic carbocycles. The summed E-state index contributed by atoms with van der Waals surface area (Å²) in [6.45, 7) is 26.7. The molecule has 0 unspecified atom stereocenters. The minimum absolute atomic E-state index is 1.16. The third-order valence-electron chi connectivity index (χ3n) is 10.00. The lowest BCUT2D eigenvalue weighted by molar-refractivity contribution is 1.16. The van der Waals surface area contributed by atoms with E-state index in [0.29, 0.717) is 0 Å². The van der Waals surface area contributed by atoms with E-state index in [1.165, 1.54) is 101 Å². The molecule has 0 fully saturated rings. The maximum absolute atomic E-state index is 2.49. The number of anilines is 6. The van der Waals surface area contributed by atoms with Gasteiger partial charge in [-0.15, -0.1) is 0 Å². The van der Waals surface area contributed by atoms with Gasteiger partial charge in [-0.3, -0.25) is 0 Å². The van der Waals surface area contributed by atoms with Crippen molar-refractivity contribution in [3.63, 3.8) is 0 Å². The Bertz CT molecular complexity index is 2030. The SMILES string of the molecule is Cc1cc(C)c(N(c2ccc(-c3cccc(N(c4c(C)cc(C)cc4C)c4c(C)cc(C)cc4C)c3)cc2)c2c(C)cc(C)cc2C)c(C)c1. The molecule has 0 radical (unpaired) electrons. The molecule has 0 saturated heterocycles. The van der Waals surface area contributed by atoms with Gasteiger partial charge in [0.25, 0.3) is 0 Å². The fourth-order valence-corrected chi connectivity index (χ4v) is 8.47. The summed E-state index contributed by atoms with van der Waals surface area (Å²) in [4.78, 5) is 4.96. The van der Waals surface area contributed by atoms with Crippen LogP contribution >= 0.6 is 0 Å². The van der Waals surface area contributed by atoms with Crippen LogP contribution in [0.1, 0.15) is 66.8 Å². The highest BCUT2D eigenvalue weighted by molar-refractivity contribution is 5.87. The molecule has 0 atom stereocenters. The molecular formula is C48H52N2. The van der Waals surface area contributed by atoms with Gasteiger partial charge >= 0.3 is 0 Å². The van der Waals surface area contributed by atoms with Gasteiger partial charge < -0.3 is 9.80 Å². The summed E-state index contributed by atoms with van der Waals surface area (Å²) in [6.07, 6.45) is 0. The van der Waals surface area contributed by atoms with E-state index >= 15 is 0 Å². The number of hydrogen-bond donors (Lipinski definition) is 0. The van der Waals surface area contributed by atoms with Crippen molar-refractivity contribution < 1.29 is 0 Å². The van der Waals surface area contributed by atoms with Crippen molar-refractivity contribution in [3.8, 4) is 11.1 Å². The van der Waals surface area contributed by atoms with Crippen molar-refractivity contribution in [3.05, 3.63) is 164 Å². The predicted octanol–water partition coefficient (Wildman–Crippen LogP) is 14.0. The third-order valence-corrected chi connectivity index (χ3v) is 10.00. The molecular weight excluding hydrogens is 605 g/mol. The summed E-state index contributed by atoms with van der Waals surface area (Å²) in [6, 6.07) is 36.6. The van der Waals surface area contributed by atoms with Crippen LogP contribution in [0.3, 0.4) is 0 Å². The summed E-state index contributed by atoms with van der Waals surface area (Å²) < 4.78 is 0. The number of rotatable bonds is 7. The lowest BCUT2D eigenvalue weighted by atomic mass is 9.97. The Morgan fingerprint density at radius 2 is 0.580 bits per heavy atom. The summed E-state index contributed by atoms with van der Waals surface area (Å²) in [7, 11) is 0. The van der Waals surface area contributed by atoms with Crippen molar-refractivity contribution in [1.82, 2.24) is 0 Å². The van der Waals surface area contributed by atoms with E-state index in [4.69, 9.17) is 0 Å². The second-order valence-corrected chi connectivity index (χ2v) is 14.8. The van der Waals surface area contributed by atoms with E-state index in [1.807, 2.05) is 0 Å². The first-order chi connectivity index (χ1) is 23.7. The van der Waals surface area contributed by atoms with Gasteiger partial charge in [-0.2, -0.15) is 0 Å². The molecule has 254 valence electrons. The molecule has 0 aliphatic heterocycles. The molecule has 0 aliphatic rings. The molecule has 2 heteroatoms. The van der Waals surface area contributed by atoms with E-state index in [2.05, 4.69) is 190 Å². The fourth-order valence-electron chi connectivity index (χ4n) is 8.47. The van der Waals surface area contributed by atoms with Crippen LogP contribution in [0, 0.1) is 83.1 Å². The smallest absolute Gasteiger partial charge is 0.0520 e. The molecule has 0 heterocycles. The van der Waals surface area contributed by atoms with Gasteiger partial charge in [0.1, 0.15) is 0 Å². The maximum Gasteiger partial charge on any atom is 0.0520 e. The first-order valence-electron chi connectivity index (χ1n) is 17.9. The van der Waals surface area contributed by atoms with Crippen molar-refractivity contribution in [1.29, 1.82) is 0 Å². The molecule has 0 saturated carbocycles. The van der Waals surface area contributed by atoms with Crippen molar-refractivity contribution >= 4 is 34.1 Å². The molecule has 0 amide bonds. The second-order valence-electron chi connectivity index (χ2n) is 14.8. The molecule has 0 spiro atoms. The molecule has 0 N–H and O–H groups in total. The van der Waals surface area contributed by atoms with Crippen LogP contribution in [0.2, 0.25) is 0 Å². The summed E-state index contributed by atoms with van der Waals surface area (Å²) in [5.74, 6) is 0. The maximum atomic E-state index is 2.49. The molecule has 0 aromatic heterocycles. The van der Waals surface area contributed by atoms with Crippen molar-refractivity contribution in [2.24, 2.45) is 0 Å². The quantitative estimate of drug-likeness (QED) is 0.169. The topological polar surface area (TPSA) is 6.48 Å². The average molecular weight is 657 g/mol. The van der Waals surface area contributed by atoms with Gasteiger partial charge in [0.05, 0.1) is 22.7 Å². The lowest BCUT2D eigenvalue weighted by Gasteiger charge is -2.32. The van der Waals surface area contributed by atoms with E-state index in [1.54, 1.807) is 0 Å². The standard InChI is InChI=1S/C48H52N2/c1-29-20-33(5)45(34(6)21-29)49(46-35(7)22-30(2)23-36(46)8)43-18-16-41(17-19-43)42-14-13-15-44(28-42)50(47-37(9)24-31(3)25-38(47)10)48-39(11)26-32(4)27-40(48)12/h13-28H,1-12H3. The second kappa shape index (κ2) is 13.7. The first kappa shape index (κ1) is 34.8. The van der Waals surface area contributed by atoms with Crippen molar-refractivity contribution in [2.45, 2.75) is 83.1 Å². The third kappa shape index (κ3) is 6.60. The van der Waals surface area contributed by atoms with E-state index in [-0.39, 0.29) is 0 Å². The van der Waals surface area contributed by atoms with Crippen LogP contribution in [-0.4, -0.2) is 0 Å². The minimum atomic E-state index is 1.16. The Hall–Kier alpha value is -5.08. The summed E-state index contributed by atoms with van der Waals surface area (Å²) >= 11 is 0. The Morgan fingerprint density at radius 1 is 0.280 bits per heavy atom. The highest BCUT2D eigenvalue weighted by Crippen LogP contribution is 2.45. The number of hydrogen-bond acceptors (Lipinski definition) is 2. The molecule has 50 heavy (non-hydrogen) atoms. The zero-order chi connectivity index (χ0) is 36.0. The predicted molar refractivity (Wildman–Crippen MR) is 218 cm³/mol. The van der Waals surface area contributed by atoms with Crippen LogP contribution in [0.25, 0.3) is 11.1 Å². The van der Waals surface area contributed by atoms with Crippen LogP contribution in [0.5, 0.6) is 0 Å². The molecule has 6 rings (SSSR count). The zero-order valence-electron chi connectivity index (χ0n) is 32.1. The lowest BCUT2D eigenvalue weighted by Crippen LogP contribution is -2.16. The Kier molecular flexibility index (Phi) is 9.51. The Balaban J connectivity index is 1.49. The van der Waals surface area contributed by atoms with E-state index in [9.17, 15) is 0 Å².